The van der Waals surface area contributed by atoms with Gasteiger partial charge in [-0.15, -0.1) is 0 Å². The molecule has 0 unspecified atom stereocenters. The molecule has 0 aliphatic rings. The first-order chi connectivity index (χ1) is 15.2. The van der Waals surface area contributed by atoms with Crippen LogP contribution in [0.3, 0.4) is 0 Å². The summed E-state index contributed by atoms with van der Waals surface area (Å²) in [7, 11) is 0. The minimum atomic E-state index is -1.27. The van der Waals surface area contributed by atoms with Crippen molar-refractivity contribution in [2.24, 2.45) is 0 Å². The van der Waals surface area contributed by atoms with Gasteiger partial charge in [-0.3, -0.25) is 9.59 Å². The maximum atomic E-state index is 12.5. The molecule has 0 bridgehead atoms. The van der Waals surface area contributed by atoms with Crippen LogP contribution >= 0.6 is 0 Å². The molecule has 32 heavy (non-hydrogen) atoms. The summed E-state index contributed by atoms with van der Waals surface area (Å²) in [4.78, 5) is 29.1. The number of carbonyl (C=O) groups is 2. The Balaban J connectivity index is 1.81. The van der Waals surface area contributed by atoms with E-state index in [0.29, 0.717) is 16.8 Å². The van der Waals surface area contributed by atoms with Gasteiger partial charge in [0, 0.05) is 23.5 Å². The zero-order valence-electron chi connectivity index (χ0n) is 18.6. The van der Waals surface area contributed by atoms with Gasteiger partial charge in [-0.25, -0.2) is 4.98 Å². The molecule has 1 heterocycles. The monoisotopic (exact) mass is 432 g/mol. The van der Waals surface area contributed by atoms with Gasteiger partial charge < -0.3 is 21.5 Å². The van der Waals surface area contributed by atoms with E-state index in [4.69, 9.17) is 5.73 Å². The van der Waals surface area contributed by atoms with Crippen LogP contribution in [0, 0.1) is 13.8 Å². The Morgan fingerprint density at radius 2 is 1.81 bits per heavy atom. The Morgan fingerprint density at radius 1 is 1.06 bits per heavy atom. The molecule has 7 nitrogen and oxygen atoms in total. The van der Waals surface area contributed by atoms with Crippen LogP contribution in [0.1, 0.15) is 47.0 Å². The number of pyridine rings is 1. The van der Waals surface area contributed by atoms with Crippen LogP contribution in [0.5, 0.6) is 0 Å². The number of nitrogens with one attached hydrogen (secondary N) is 2. The number of aliphatic hydroxyl groups is 1. The third-order valence-corrected chi connectivity index (χ3v) is 4.99. The van der Waals surface area contributed by atoms with Crippen molar-refractivity contribution >= 4 is 23.3 Å². The Kier molecular flexibility index (Phi) is 6.90. The summed E-state index contributed by atoms with van der Waals surface area (Å²) in [6.07, 6.45) is 0.349. The van der Waals surface area contributed by atoms with Crippen LogP contribution < -0.4 is 16.4 Å². The van der Waals surface area contributed by atoms with E-state index in [-0.39, 0.29) is 17.8 Å². The maximum absolute atomic E-state index is 12.5. The van der Waals surface area contributed by atoms with Crippen LogP contribution in [-0.2, 0) is 4.79 Å². The summed E-state index contributed by atoms with van der Waals surface area (Å²) in [5, 5.41) is 15.9. The van der Waals surface area contributed by atoms with E-state index in [0.717, 1.165) is 22.3 Å². The van der Waals surface area contributed by atoms with Gasteiger partial charge >= 0.3 is 0 Å². The fraction of sp³-hybridized carbons (Fsp3) is 0.240. The standard InChI is InChI=1S/C25H28N4O3/c1-14(2)28-24(31)21-12-18(13-27-23(21)26)20-9-8-19(11-16(20)4)29-25(32)22(30)17-7-5-6-15(3)10-17/h5-14,22,30H,1-4H3,(H2,26,27)(H,28,31)(H,29,32)/t22-/m1/s1. The van der Waals surface area contributed by atoms with E-state index >= 15 is 0 Å². The number of hydrogen-bond acceptors (Lipinski definition) is 5. The fourth-order valence-electron chi connectivity index (χ4n) is 3.41. The van der Waals surface area contributed by atoms with Gasteiger partial charge in [-0.05, 0) is 62.6 Å². The normalized spacial score (nSPS) is 11.8. The highest BCUT2D eigenvalue weighted by Crippen LogP contribution is 2.28. The number of anilines is 2. The van der Waals surface area contributed by atoms with E-state index in [9.17, 15) is 14.7 Å². The molecule has 7 heteroatoms. The average molecular weight is 433 g/mol. The molecule has 1 aromatic heterocycles. The smallest absolute Gasteiger partial charge is 0.257 e. The van der Waals surface area contributed by atoms with Crippen molar-refractivity contribution in [1.82, 2.24) is 10.3 Å². The molecule has 2 aromatic carbocycles. The largest absolute Gasteiger partial charge is 0.383 e. The molecule has 0 spiro atoms. The lowest BCUT2D eigenvalue weighted by atomic mass is 9.99. The minimum absolute atomic E-state index is 0.0228. The SMILES string of the molecule is Cc1cccc([C@@H](O)C(=O)Nc2ccc(-c3cnc(N)c(C(=O)NC(C)C)c3)c(C)c2)c1. The predicted molar refractivity (Wildman–Crippen MR) is 126 cm³/mol. The second-order valence-electron chi connectivity index (χ2n) is 8.12. The third kappa shape index (κ3) is 5.31. The molecule has 0 saturated heterocycles. The van der Waals surface area contributed by atoms with E-state index in [1.54, 1.807) is 42.6 Å². The van der Waals surface area contributed by atoms with Gasteiger partial charge in [0.05, 0.1) is 5.56 Å². The topological polar surface area (TPSA) is 117 Å². The average Bonchev–Trinajstić information content (AvgIpc) is 2.73. The van der Waals surface area contributed by atoms with E-state index < -0.39 is 12.0 Å². The van der Waals surface area contributed by atoms with Crippen molar-refractivity contribution in [2.45, 2.75) is 39.8 Å². The van der Waals surface area contributed by atoms with Crippen molar-refractivity contribution in [1.29, 1.82) is 0 Å². The lowest BCUT2D eigenvalue weighted by Crippen LogP contribution is -2.30. The van der Waals surface area contributed by atoms with Gasteiger partial charge in [-0.1, -0.05) is 35.9 Å². The van der Waals surface area contributed by atoms with Crippen molar-refractivity contribution in [3.63, 3.8) is 0 Å². The highest BCUT2D eigenvalue weighted by molar-refractivity contribution is 6.00. The first-order valence-corrected chi connectivity index (χ1v) is 10.4. The van der Waals surface area contributed by atoms with Crippen LogP contribution in [0.25, 0.3) is 11.1 Å². The molecule has 0 saturated carbocycles. The molecule has 1 atom stereocenters. The van der Waals surface area contributed by atoms with Gasteiger partial charge in [0.2, 0.25) is 0 Å². The number of aromatic nitrogens is 1. The van der Waals surface area contributed by atoms with Gasteiger partial charge in [0.25, 0.3) is 11.8 Å². The number of amides is 2. The number of rotatable bonds is 6. The van der Waals surface area contributed by atoms with Crippen LogP contribution in [0.4, 0.5) is 11.5 Å². The van der Waals surface area contributed by atoms with Gasteiger partial charge in [0.1, 0.15) is 5.82 Å². The number of benzene rings is 2. The number of aryl methyl sites for hydroxylation is 2. The van der Waals surface area contributed by atoms with Crippen molar-refractivity contribution in [3.8, 4) is 11.1 Å². The zero-order valence-corrected chi connectivity index (χ0v) is 18.6. The molecular weight excluding hydrogens is 404 g/mol. The number of nitrogen functional groups attached to an aromatic ring is 1. The molecule has 3 rings (SSSR count). The molecule has 3 aromatic rings. The molecule has 0 aliphatic carbocycles. The van der Waals surface area contributed by atoms with Crippen molar-refractivity contribution in [3.05, 3.63) is 77.0 Å². The Morgan fingerprint density at radius 3 is 2.47 bits per heavy atom. The molecule has 0 fully saturated rings. The molecule has 0 radical (unpaired) electrons. The number of nitrogens with zero attached hydrogens (tertiary/aromatic N) is 1. The lowest BCUT2D eigenvalue weighted by molar-refractivity contribution is -0.124. The van der Waals surface area contributed by atoms with Crippen LogP contribution in [0.15, 0.2) is 54.7 Å². The minimum Gasteiger partial charge on any atom is -0.383 e. The number of nitrogens with two attached hydrogens (primary N) is 1. The summed E-state index contributed by atoms with van der Waals surface area (Å²) in [5.41, 5.74) is 10.7. The summed E-state index contributed by atoms with van der Waals surface area (Å²) >= 11 is 0. The predicted octanol–water partition coefficient (Wildman–Crippen LogP) is 3.76. The van der Waals surface area contributed by atoms with Crippen LogP contribution in [0.2, 0.25) is 0 Å². The van der Waals surface area contributed by atoms with Crippen LogP contribution in [-0.4, -0.2) is 27.9 Å². The molecular formula is C25H28N4O3. The number of hydrogen-bond donors (Lipinski definition) is 4. The van der Waals surface area contributed by atoms with Crippen molar-refractivity contribution < 1.29 is 14.7 Å². The second-order valence-corrected chi connectivity index (χ2v) is 8.12. The summed E-state index contributed by atoms with van der Waals surface area (Å²) < 4.78 is 0. The first kappa shape index (κ1) is 23.0. The molecule has 0 aliphatic heterocycles. The number of carbonyl (C=O) groups excluding carboxylic acids is 2. The lowest BCUT2D eigenvalue weighted by Gasteiger charge is -2.15. The highest BCUT2D eigenvalue weighted by atomic mass is 16.3. The fourth-order valence-corrected chi connectivity index (χ4v) is 3.41. The quantitative estimate of drug-likeness (QED) is 0.473. The summed E-state index contributed by atoms with van der Waals surface area (Å²) in [6.45, 7) is 7.54. The first-order valence-electron chi connectivity index (χ1n) is 10.4. The molecule has 5 N–H and O–H groups in total. The zero-order chi connectivity index (χ0) is 23.4. The Labute approximate surface area is 187 Å². The summed E-state index contributed by atoms with van der Waals surface area (Å²) in [6, 6.07) is 14.3. The van der Waals surface area contributed by atoms with Crippen molar-refractivity contribution in [2.75, 3.05) is 11.1 Å². The number of aliphatic hydroxyl groups excluding tert-OH is 1. The van der Waals surface area contributed by atoms with Gasteiger partial charge in [0.15, 0.2) is 6.10 Å². The maximum Gasteiger partial charge on any atom is 0.257 e. The van der Waals surface area contributed by atoms with Gasteiger partial charge in [-0.2, -0.15) is 0 Å². The summed E-state index contributed by atoms with van der Waals surface area (Å²) in [5.74, 6) is -0.623. The Hall–Kier alpha value is -3.71. The Bertz CT molecular complexity index is 1160. The second kappa shape index (κ2) is 9.62. The third-order valence-electron chi connectivity index (χ3n) is 4.99. The highest BCUT2D eigenvalue weighted by Gasteiger charge is 2.18. The molecule has 166 valence electrons. The molecule has 2 amide bonds. The van der Waals surface area contributed by atoms with E-state index in [1.165, 1.54) is 0 Å². The van der Waals surface area contributed by atoms with E-state index in [2.05, 4.69) is 15.6 Å². The van der Waals surface area contributed by atoms with E-state index in [1.807, 2.05) is 39.8 Å².